The maximum atomic E-state index is 6.00. The molecule has 2 bridgehead atoms. The first kappa shape index (κ1) is 9.47. The minimum Gasteiger partial charge on any atom is -0.373 e. The number of rotatable bonds is 1. The van der Waals surface area contributed by atoms with Crippen LogP contribution in [-0.2, 0) is 4.74 Å². The average molecular weight is 183 g/mol. The molecule has 2 aliphatic heterocycles. The van der Waals surface area contributed by atoms with Crippen LogP contribution in [0.4, 0.5) is 0 Å². The van der Waals surface area contributed by atoms with E-state index in [1.165, 1.54) is 19.3 Å². The van der Waals surface area contributed by atoms with Crippen molar-refractivity contribution in [1.82, 2.24) is 4.90 Å². The van der Waals surface area contributed by atoms with E-state index in [-0.39, 0.29) is 5.60 Å². The summed E-state index contributed by atoms with van der Waals surface area (Å²) in [7, 11) is 2.24. The van der Waals surface area contributed by atoms with Crippen LogP contribution in [0.5, 0.6) is 0 Å². The minimum absolute atomic E-state index is 0.0347. The van der Waals surface area contributed by atoms with Crippen LogP contribution < -0.4 is 0 Å². The van der Waals surface area contributed by atoms with Crippen molar-refractivity contribution < 1.29 is 4.74 Å². The molecule has 1 saturated carbocycles. The van der Waals surface area contributed by atoms with Crippen molar-refractivity contribution in [3.05, 3.63) is 0 Å². The lowest BCUT2D eigenvalue weighted by Gasteiger charge is -2.54. The molecule has 3 rings (SSSR count). The molecule has 2 atom stereocenters. The Morgan fingerprint density at radius 1 is 1.08 bits per heavy atom. The zero-order valence-electron chi connectivity index (χ0n) is 9.21. The van der Waals surface area contributed by atoms with Crippen molar-refractivity contribution in [2.75, 3.05) is 7.05 Å². The average Bonchev–Trinajstić information content (AvgIpc) is 2.00. The monoisotopic (exact) mass is 183 g/mol. The Bertz CT molecular complexity index is 185. The second-order valence-electron chi connectivity index (χ2n) is 5.53. The number of fused-ring (bicyclic) bond motifs is 2. The summed E-state index contributed by atoms with van der Waals surface area (Å²) in [4.78, 5) is 2.50. The predicted octanol–water partition coefficient (Wildman–Crippen LogP) is 2.04. The molecule has 0 aromatic carbocycles. The van der Waals surface area contributed by atoms with E-state index in [1.807, 2.05) is 0 Å². The quantitative estimate of drug-likeness (QED) is 0.617. The molecular weight excluding hydrogens is 162 g/mol. The summed E-state index contributed by atoms with van der Waals surface area (Å²) in [6.07, 6.45) is 4.40. The molecular formula is C11H21NO. The Kier molecular flexibility index (Phi) is 2.16. The first-order valence-corrected chi connectivity index (χ1v) is 5.35. The van der Waals surface area contributed by atoms with Gasteiger partial charge in [-0.3, -0.25) is 0 Å². The smallest absolute Gasteiger partial charge is 0.0612 e. The van der Waals surface area contributed by atoms with Crippen molar-refractivity contribution in [2.45, 2.75) is 63.8 Å². The SMILES string of the molecule is CN1C2CC(OC(C)(C)C)CC1C2. The predicted molar refractivity (Wildman–Crippen MR) is 53.8 cm³/mol. The molecule has 0 aromatic rings. The van der Waals surface area contributed by atoms with E-state index in [2.05, 4.69) is 32.7 Å². The molecule has 0 amide bonds. The van der Waals surface area contributed by atoms with Crippen LogP contribution in [0.1, 0.15) is 40.0 Å². The summed E-state index contributed by atoms with van der Waals surface area (Å²) in [6, 6.07) is 1.62. The highest BCUT2D eigenvalue weighted by molar-refractivity contribution is 4.99. The summed E-state index contributed by atoms with van der Waals surface area (Å²) in [5.74, 6) is 0. The molecule has 76 valence electrons. The van der Waals surface area contributed by atoms with Crippen LogP contribution in [0.2, 0.25) is 0 Å². The molecule has 0 aromatic heterocycles. The van der Waals surface area contributed by atoms with Gasteiger partial charge in [-0.2, -0.15) is 0 Å². The van der Waals surface area contributed by atoms with Gasteiger partial charge in [-0.1, -0.05) is 0 Å². The number of hydrogen-bond acceptors (Lipinski definition) is 2. The first-order chi connectivity index (χ1) is 5.96. The van der Waals surface area contributed by atoms with E-state index < -0.39 is 0 Å². The summed E-state index contributed by atoms with van der Waals surface area (Å²) in [5.41, 5.74) is 0.0347. The second kappa shape index (κ2) is 2.96. The molecule has 2 unspecified atom stereocenters. The number of piperidine rings is 1. The van der Waals surface area contributed by atoms with Gasteiger partial charge in [-0.25, -0.2) is 0 Å². The van der Waals surface area contributed by atoms with Crippen molar-refractivity contribution in [1.29, 1.82) is 0 Å². The zero-order valence-corrected chi connectivity index (χ0v) is 9.21. The van der Waals surface area contributed by atoms with Crippen molar-refractivity contribution >= 4 is 0 Å². The van der Waals surface area contributed by atoms with Gasteiger partial charge in [0, 0.05) is 12.1 Å². The van der Waals surface area contributed by atoms with Gasteiger partial charge in [0.2, 0.25) is 0 Å². The van der Waals surface area contributed by atoms with Crippen molar-refractivity contribution in [2.24, 2.45) is 0 Å². The highest BCUT2D eigenvalue weighted by atomic mass is 16.5. The Morgan fingerprint density at radius 2 is 1.62 bits per heavy atom. The largest absolute Gasteiger partial charge is 0.373 e. The molecule has 3 aliphatic rings. The highest BCUT2D eigenvalue weighted by Gasteiger charge is 2.44. The van der Waals surface area contributed by atoms with Crippen LogP contribution in [0.3, 0.4) is 0 Å². The third-order valence-corrected chi connectivity index (χ3v) is 3.29. The number of hydrogen-bond donors (Lipinski definition) is 0. The van der Waals surface area contributed by atoms with Crippen molar-refractivity contribution in [3.8, 4) is 0 Å². The number of nitrogens with zero attached hydrogens (tertiary/aromatic N) is 1. The molecule has 0 radical (unpaired) electrons. The van der Waals surface area contributed by atoms with E-state index >= 15 is 0 Å². The molecule has 0 spiro atoms. The molecule has 13 heavy (non-hydrogen) atoms. The van der Waals surface area contributed by atoms with Gasteiger partial charge in [0.15, 0.2) is 0 Å². The minimum atomic E-state index is 0.0347. The van der Waals surface area contributed by atoms with Crippen LogP contribution in [0.15, 0.2) is 0 Å². The van der Waals surface area contributed by atoms with E-state index in [1.54, 1.807) is 0 Å². The first-order valence-electron chi connectivity index (χ1n) is 5.35. The van der Waals surface area contributed by atoms with Crippen LogP contribution in [0.25, 0.3) is 0 Å². The van der Waals surface area contributed by atoms with Gasteiger partial charge >= 0.3 is 0 Å². The topological polar surface area (TPSA) is 12.5 Å². The molecule has 0 N–H and O–H groups in total. The Labute approximate surface area is 81.3 Å². The molecule has 3 fully saturated rings. The fourth-order valence-corrected chi connectivity index (χ4v) is 2.63. The third-order valence-electron chi connectivity index (χ3n) is 3.29. The van der Waals surface area contributed by atoms with Crippen LogP contribution in [0, 0.1) is 0 Å². The summed E-state index contributed by atoms with van der Waals surface area (Å²) in [5, 5.41) is 0. The fourth-order valence-electron chi connectivity index (χ4n) is 2.63. The van der Waals surface area contributed by atoms with Gasteiger partial charge in [0.05, 0.1) is 11.7 Å². The molecule has 2 heterocycles. The summed E-state index contributed by atoms with van der Waals surface area (Å²) >= 11 is 0. The maximum Gasteiger partial charge on any atom is 0.0612 e. The Hall–Kier alpha value is -0.0800. The second-order valence-corrected chi connectivity index (χ2v) is 5.53. The molecule has 2 heteroatoms. The van der Waals surface area contributed by atoms with Gasteiger partial charge in [0.1, 0.15) is 0 Å². The lowest BCUT2D eigenvalue weighted by Crippen LogP contribution is -2.60. The van der Waals surface area contributed by atoms with E-state index in [0.29, 0.717) is 6.10 Å². The normalized spacial score (nSPS) is 40.2. The van der Waals surface area contributed by atoms with E-state index in [4.69, 9.17) is 4.74 Å². The lowest BCUT2D eigenvalue weighted by atomic mass is 9.78. The Balaban J connectivity index is 1.85. The van der Waals surface area contributed by atoms with Gasteiger partial charge in [-0.05, 0) is 47.1 Å². The van der Waals surface area contributed by atoms with Gasteiger partial charge in [0.25, 0.3) is 0 Å². The van der Waals surface area contributed by atoms with E-state index in [0.717, 1.165) is 12.1 Å². The van der Waals surface area contributed by atoms with Gasteiger partial charge < -0.3 is 9.64 Å². The summed E-state index contributed by atoms with van der Waals surface area (Å²) < 4.78 is 6.00. The summed E-state index contributed by atoms with van der Waals surface area (Å²) in [6.45, 7) is 6.45. The lowest BCUT2D eigenvalue weighted by molar-refractivity contribution is -0.137. The maximum absolute atomic E-state index is 6.00. The number of ether oxygens (including phenoxy) is 1. The zero-order chi connectivity index (χ0) is 9.64. The molecule has 2 nitrogen and oxygen atoms in total. The van der Waals surface area contributed by atoms with E-state index in [9.17, 15) is 0 Å². The fraction of sp³-hybridized carbons (Fsp3) is 1.00. The standard InChI is InChI=1S/C11H21NO/c1-11(2,3)13-10-6-8-5-9(7-10)12(8)4/h8-10H,5-7H2,1-4H3. The molecule has 1 aliphatic carbocycles. The molecule has 2 saturated heterocycles. The Morgan fingerprint density at radius 3 is 2.00 bits per heavy atom. The van der Waals surface area contributed by atoms with Crippen LogP contribution in [-0.4, -0.2) is 35.7 Å². The highest BCUT2D eigenvalue weighted by Crippen LogP contribution is 2.38. The van der Waals surface area contributed by atoms with Crippen LogP contribution >= 0.6 is 0 Å². The van der Waals surface area contributed by atoms with Gasteiger partial charge in [-0.15, -0.1) is 0 Å². The van der Waals surface area contributed by atoms with Crippen molar-refractivity contribution in [3.63, 3.8) is 0 Å². The third kappa shape index (κ3) is 1.89.